The van der Waals surface area contributed by atoms with E-state index >= 15 is 0 Å². The van der Waals surface area contributed by atoms with Crippen LogP contribution in [0.15, 0.2) is 30.3 Å². The Kier molecular flexibility index (Phi) is 1.50. The summed E-state index contributed by atoms with van der Waals surface area (Å²) < 4.78 is 5.96. The minimum Gasteiger partial charge on any atom is -0.481 e. The van der Waals surface area contributed by atoms with Crippen molar-refractivity contribution in [1.82, 2.24) is 0 Å². The van der Waals surface area contributed by atoms with E-state index in [1.807, 2.05) is 18.2 Å². The molecule has 1 heterocycles. The van der Waals surface area contributed by atoms with Gasteiger partial charge in [-0.3, -0.25) is 0 Å². The van der Waals surface area contributed by atoms with Gasteiger partial charge in [-0.1, -0.05) is 24.3 Å². The van der Waals surface area contributed by atoms with Gasteiger partial charge in [-0.2, -0.15) is 0 Å². The largest absolute Gasteiger partial charge is 0.481 e. The molecule has 72 valence electrons. The summed E-state index contributed by atoms with van der Waals surface area (Å²) in [4.78, 5) is 0. The first kappa shape index (κ1) is 8.06. The van der Waals surface area contributed by atoms with Crippen molar-refractivity contribution in [3.05, 3.63) is 35.9 Å². The van der Waals surface area contributed by atoms with Gasteiger partial charge in [0.2, 0.25) is 0 Å². The lowest BCUT2D eigenvalue weighted by Gasteiger charge is -2.47. The molecule has 2 N–H and O–H groups in total. The van der Waals surface area contributed by atoms with Crippen molar-refractivity contribution < 1.29 is 4.74 Å². The topological polar surface area (TPSA) is 35.2 Å². The second-order valence-corrected chi connectivity index (χ2v) is 4.07. The van der Waals surface area contributed by atoms with E-state index in [2.05, 4.69) is 18.2 Å². The van der Waals surface area contributed by atoms with Crippen molar-refractivity contribution in [1.29, 1.82) is 0 Å². The van der Waals surface area contributed by atoms with Crippen molar-refractivity contribution in [3.8, 4) is 5.75 Å². The number of rotatable bonds is 0. The first-order valence-corrected chi connectivity index (χ1v) is 5.03. The average molecular weight is 187 g/mol. The van der Waals surface area contributed by atoms with Crippen molar-refractivity contribution >= 4 is 6.08 Å². The van der Waals surface area contributed by atoms with Gasteiger partial charge in [-0.05, 0) is 25.0 Å². The molecule has 2 atom stereocenters. The van der Waals surface area contributed by atoms with Crippen molar-refractivity contribution in [2.45, 2.75) is 24.5 Å². The van der Waals surface area contributed by atoms with Crippen LogP contribution in [-0.2, 0) is 0 Å². The molecular weight excluding hydrogens is 174 g/mol. The third-order valence-corrected chi connectivity index (χ3v) is 3.24. The Morgan fingerprint density at radius 2 is 2.21 bits per heavy atom. The van der Waals surface area contributed by atoms with Gasteiger partial charge in [-0.15, -0.1) is 0 Å². The molecular formula is C12H13NO. The van der Waals surface area contributed by atoms with E-state index in [1.165, 1.54) is 0 Å². The molecule has 1 aliphatic carbocycles. The van der Waals surface area contributed by atoms with Crippen LogP contribution in [0, 0.1) is 0 Å². The molecule has 2 nitrogen and oxygen atoms in total. The zero-order chi connectivity index (χ0) is 9.60. The smallest absolute Gasteiger partial charge is 0.142 e. The quantitative estimate of drug-likeness (QED) is 0.673. The molecule has 1 aromatic carbocycles. The SMILES string of the molecule is NC1CCC12C=Cc1ccccc1O2. The van der Waals surface area contributed by atoms with E-state index in [0.717, 1.165) is 24.2 Å². The number of hydrogen-bond donors (Lipinski definition) is 1. The molecule has 0 bridgehead atoms. The van der Waals surface area contributed by atoms with Crippen LogP contribution in [0.2, 0.25) is 0 Å². The zero-order valence-electron chi connectivity index (χ0n) is 7.94. The third-order valence-electron chi connectivity index (χ3n) is 3.24. The van der Waals surface area contributed by atoms with E-state index in [4.69, 9.17) is 10.5 Å². The van der Waals surface area contributed by atoms with Crippen LogP contribution in [0.3, 0.4) is 0 Å². The Hall–Kier alpha value is -1.28. The fourth-order valence-electron chi connectivity index (χ4n) is 2.11. The van der Waals surface area contributed by atoms with Crippen LogP contribution in [0.5, 0.6) is 5.75 Å². The summed E-state index contributed by atoms with van der Waals surface area (Å²) in [5.74, 6) is 0.963. The maximum Gasteiger partial charge on any atom is 0.142 e. The van der Waals surface area contributed by atoms with Crippen molar-refractivity contribution in [3.63, 3.8) is 0 Å². The number of para-hydroxylation sites is 1. The molecule has 3 rings (SSSR count). The Balaban J connectivity index is 2.01. The van der Waals surface area contributed by atoms with Gasteiger partial charge in [0.15, 0.2) is 0 Å². The van der Waals surface area contributed by atoms with Gasteiger partial charge in [0.05, 0.1) is 0 Å². The predicted octanol–water partition coefficient (Wildman–Crippen LogP) is 1.95. The summed E-state index contributed by atoms with van der Waals surface area (Å²) in [6, 6.07) is 8.24. The first-order chi connectivity index (χ1) is 6.80. The van der Waals surface area contributed by atoms with Crippen LogP contribution in [0.4, 0.5) is 0 Å². The summed E-state index contributed by atoms with van der Waals surface area (Å²) in [5, 5.41) is 0. The number of ether oxygens (including phenoxy) is 1. The summed E-state index contributed by atoms with van der Waals surface area (Å²) in [6.07, 6.45) is 6.34. The van der Waals surface area contributed by atoms with Crippen LogP contribution < -0.4 is 10.5 Å². The molecule has 0 aromatic heterocycles. The summed E-state index contributed by atoms with van der Waals surface area (Å²) in [5.41, 5.74) is 6.92. The minimum atomic E-state index is -0.200. The monoisotopic (exact) mass is 187 g/mol. The highest BCUT2D eigenvalue weighted by Gasteiger charge is 2.46. The number of fused-ring (bicyclic) bond motifs is 1. The highest BCUT2D eigenvalue weighted by atomic mass is 16.5. The van der Waals surface area contributed by atoms with Gasteiger partial charge in [0.1, 0.15) is 11.4 Å². The summed E-state index contributed by atoms with van der Waals surface area (Å²) in [6.45, 7) is 0. The third kappa shape index (κ3) is 0.946. The van der Waals surface area contributed by atoms with E-state index in [1.54, 1.807) is 0 Å². The second kappa shape index (κ2) is 2.61. The van der Waals surface area contributed by atoms with Crippen LogP contribution in [-0.4, -0.2) is 11.6 Å². The zero-order valence-corrected chi connectivity index (χ0v) is 7.94. The van der Waals surface area contributed by atoms with Gasteiger partial charge in [-0.25, -0.2) is 0 Å². The Labute approximate surface area is 83.4 Å². The fraction of sp³-hybridized carbons (Fsp3) is 0.333. The highest BCUT2D eigenvalue weighted by molar-refractivity contribution is 5.61. The van der Waals surface area contributed by atoms with Gasteiger partial charge in [0, 0.05) is 11.6 Å². The molecule has 2 unspecified atom stereocenters. The van der Waals surface area contributed by atoms with Crippen LogP contribution in [0.25, 0.3) is 6.08 Å². The molecule has 2 heteroatoms. The van der Waals surface area contributed by atoms with Gasteiger partial charge >= 0.3 is 0 Å². The molecule has 1 fully saturated rings. The van der Waals surface area contributed by atoms with Crippen molar-refractivity contribution in [2.75, 3.05) is 0 Å². The Morgan fingerprint density at radius 3 is 2.93 bits per heavy atom. The predicted molar refractivity (Wildman–Crippen MR) is 56.0 cm³/mol. The molecule has 0 amide bonds. The maximum atomic E-state index is 5.97. The maximum absolute atomic E-state index is 5.97. The highest BCUT2D eigenvalue weighted by Crippen LogP contribution is 2.41. The number of hydrogen-bond acceptors (Lipinski definition) is 2. The molecule has 14 heavy (non-hydrogen) atoms. The number of nitrogens with two attached hydrogens (primary N) is 1. The Morgan fingerprint density at radius 1 is 1.36 bits per heavy atom. The summed E-state index contributed by atoms with van der Waals surface area (Å²) in [7, 11) is 0. The molecule has 2 aliphatic rings. The Bertz CT molecular complexity index is 399. The molecule has 1 aliphatic heterocycles. The van der Waals surface area contributed by atoms with Crippen LogP contribution in [0.1, 0.15) is 18.4 Å². The molecule has 1 spiro atoms. The van der Waals surface area contributed by atoms with Crippen molar-refractivity contribution in [2.24, 2.45) is 5.73 Å². The lowest BCUT2D eigenvalue weighted by atomic mass is 9.74. The van der Waals surface area contributed by atoms with E-state index in [0.29, 0.717) is 0 Å². The average Bonchev–Trinajstić information content (AvgIpc) is 2.26. The molecule has 1 aromatic rings. The molecule has 0 radical (unpaired) electrons. The first-order valence-electron chi connectivity index (χ1n) is 5.03. The molecule has 0 saturated heterocycles. The van der Waals surface area contributed by atoms with Gasteiger partial charge in [0.25, 0.3) is 0 Å². The molecule has 1 saturated carbocycles. The van der Waals surface area contributed by atoms with Crippen LogP contribution >= 0.6 is 0 Å². The number of benzene rings is 1. The second-order valence-electron chi connectivity index (χ2n) is 4.07. The normalized spacial score (nSPS) is 33.4. The van der Waals surface area contributed by atoms with Gasteiger partial charge < -0.3 is 10.5 Å². The lowest BCUT2D eigenvalue weighted by molar-refractivity contribution is 0.0141. The summed E-state index contributed by atoms with van der Waals surface area (Å²) >= 11 is 0. The van der Waals surface area contributed by atoms with E-state index in [-0.39, 0.29) is 11.6 Å². The lowest BCUT2D eigenvalue weighted by Crippen LogP contribution is -2.59. The fourth-order valence-corrected chi connectivity index (χ4v) is 2.11. The van der Waals surface area contributed by atoms with E-state index < -0.39 is 0 Å². The standard InChI is InChI=1S/C12H13NO/c13-11-6-8-12(11)7-5-9-3-1-2-4-10(9)14-12/h1-5,7,11H,6,8,13H2. The van der Waals surface area contributed by atoms with E-state index in [9.17, 15) is 0 Å². The minimum absolute atomic E-state index is 0.159.